The Balaban J connectivity index is 1.65. The number of amides is 2. The SMILES string of the molecule is Cc1ccc(-n2c(C)cc(/C=N\NC(=O)C(=O)NCc3ccco3)c2C)cc1C. The Morgan fingerprint density at radius 2 is 1.86 bits per heavy atom. The predicted octanol–water partition coefficient (Wildman–Crippen LogP) is 3.07. The van der Waals surface area contributed by atoms with Crippen LogP contribution in [0.3, 0.4) is 0 Å². The van der Waals surface area contributed by atoms with Gasteiger partial charge in [-0.2, -0.15) is 5.10 Å². The quantitative estimate of drug-likeness (QED) is 0.397. The number of hydrogen-bond donors (Lipinski definition) is 2. The zero-order valence-corrected chi connectivity index (χ0v) is 16.9. The van der Waals surface area contributed by atoms with Crippen LogP contribution in [0.15, 0.2) is 52.2 Å². The minimum Gasteiger partial charge on any atom is -0.467 e. The monoisotopic (exact) mass is 392 g/mol. The summed E-state index contributed by atoms with van der Waals surface area (Å²) >= 11 is 0. The number of aryl methyl sites for hydroxylation is 3. The van der Waals surface area contributed by atoms with Crippen molar-refractivity contribution in [3.63, 3.8) is 0 Å². The van der Waals surface area contributed by atoms with Gasteiger partial charge in [0.2, 0.25) is 0 Å². The zero-order valence-electron chi connectivity index (χ0n) is 16.9. The van der Waals surface area contributed by atoms with E-state index in [0.717, 1.165) is 22.6 Å². The van der Waals surface area contributed by atoms with Crippen LogP contribution in [0.25, 0.3) is 5.69 Å². The fourth-order valence-electron chi connectivity index (χ4n) is 3.05. The molecule has 2 heterocycles. The Bertz CT molecular complexity index is 1060. The van der Waals surface area contributed by atoms with Crippen LogP contribution in [0.5, 0.6) is 0 Å². The molecule has 2 N–H and O–H groups in total. The maximum atomic E-state index is 11.9. The van der Waals surface area contributed by atoms with Crippen molar-refractivity contribution in [2.45, 2.75) is 34.2 Å². The van der Waals surface area contributed by atoms with Gasteiger partial charge in [0.05, 0.1) is 19.0 Å². The Morgan fingerprint density at radius 1 is 1.07 bits per heavy atom. The normalized spacial score (nSPS) is 11.0. The summed E-state index contributed by atoms with van der Waals surface area (Å²) in [5.74, 6) is -1.05. The lowest BCUT2D eigenvalue weighted by atomic mass is 10.1. The predicted molar refractivity (Wildman–Crippen MR) is 111 cm³/mol. The lowest BCUT2D eigenvalue weighted by Gasteiger charge is -2.11. The van der Waals surface area contributed by atoms with Gasteiger partial charge in [-0.15, -0.1) is 0 Å². The summed E-state index contributed by atoms with van der Waals surface area (Å²) in [7, 11) is 0. The summed E-state index contributed by atoms with van der Waals surface area (Å²) in [5, 5.41) is 6.39. The number of benzene rings is 1. The van der Waals surface area contributed by atoms with E-state index in [4.69, 9.17) is 4.42 Å². The van der Waals surface area contributed by atoms with Gasteiger partial charge in [-0.3, -0.25) is 9.59 Å². The molecule has 1 aromatic carbocycles. The molecule has 0 bridgehead atoms. The van der Waals surface area contributed by atoms with Gasteiger partial charge in [0.1, 0.15) is 5.76 Å². The van der Waals surface area contributed by atoms with Crippen molar-refractivity contribution >= 4 is 18.0 Å². The highest BCUT2D eigenvalue weighted by Crippen LogP contribution is 2.21. The fourth-order valence-corrected chi connectivity index (χ4v) is 3.05. The molecule has 0 aliphatic heterocycles. The molecule has 2 amide bonds. The standard InChI is InChI=1S/C22H24N4O3/c1-14-7-8-19(10-15(14)2)26-16(3)11-18(17(26)4)12-24-25-22(28)21(27)23-13-20-6-5-9-29-20/h5-12H,13H2,1-4H3,(H,23,27)(H,25,28)/b24-12-. The number of hydrazone groups is 1. The summed E-state index contributed by atoms with van der Waals surface area (Å²) in [5.41, 5.74) is 8.69. The first kappa shape index (κ1) is 20.1. The summed E-state index contributed by atoms with van der Waals surface area (Å²) in [6, 6.07) is 11.7. The highest BCUT2D eigenvalue weighted by molar-refractivity contribution is 6.35. The third-order valence-corrected chi connectivity index (χ3v) is 4.80. The lowest BCUT2D eigenvalue weighted by molar-refractivity contribution is -0.139. The minimum atomic E-state index is -0.837. The molecular formula is C22H24N4O3. The van der Waals surface area contributed by atoms with Crippen molar-refractivity contribution in [2.24, 2.45) is 5.10 Å². The second-order valence-corrected chi connectivity index (χ2v) is 6.89. The second kappa shape index (κ2) is 8.60. The minimum absolute atomic E-state index is 0.139. The molecule has 0 spiro atoms. The zero-order chi connectivity index (χ0) is 21.0. The molecule has 150 valence electrons. The van der Waals surface area contributed by atoms with E-state index in [9.17, 15) is 9.59 Å². The van der Waals surface area contributed by atoms with Gasteiger partial charge in [0.25, 0.3) is 0 Å². The molecule has 29 heavy (non-hydrogen) atoms. The van der Waals surface area contributed by atoms with E-state index < -0.39 is 11.8 Å². The molecule has 7 heteroatoms. The number of furan rings is 1. The highest BCUT2D eigenvalue weighted by Gasteiger charge is 2.13. The average molecular weight is 392 g/mol. The van der Waals surface area contributed by atoms with E-state index in [1.165, 1.54) is 23.6 Å². The van der Waals surface area contributed by atoms with Crippen LogP contribution in [-0.4, -0.2) is 22.6 Å². The number of carbonyl (C=O) groups is 2. The van der Waals surface area contributed by atoms with Crippen LogP contribution in [0, 0.1) is 27.7 Å². The molecule has 0 saturated carbocycles. The van der Waals surface area contributed by atoms with Crippen molar-refractivity contribution in [3.8, 4) is 5.69 Å². The van der Waals surface area contributed by atoms with E-state index in [2.05, 4.69) is 52.5 Å². The number of hydrogen-bond acceptors (Lipinski definition) is 4. The van der Waals surface area contributed by atoms with Gasteiger partial charge in [-0.25, -0.2) is 5.43 Å². The van der Waals surface area contributed by atoms with Crippen LogP contribution < -0.4 is 10.7 Å². The third kappa shape index (κ3) is 4.63. The van der Waals surface area contributed by atoms with Crippen LogP contribution in [0.2, 0.25) is 0 Å². The first-order valence-electron chi connectivity index (χ1n) is 9.27. The van der Waals surface area contributed by atoms with Gasteiger partial charge >= 0.3 is 11.8 Å². The Hall–Kier alpha value is -3.61. The Morgan fingerprint density at radius 3 is 2.55 bits per heavy atom. The molecule has 0 fully saturated rings. The van der Waals surface area contributed by atoms with E-state index in [1.807, 2.05) is 19.9 Å². The first-order chi connectivity index (χ1) is 13.9. The molecule has 0 unspecified atom stereocenters. The summed E-state index contributed by atoms with van der Waals surface area (Å²) < 4.78 is 7.23. The number of nitrogens with one attached hydrogen (secondary N) is 2. The second-order valence-electron chi connectivity index (χ2n) is 6.89. The Kier molecular flexibility index (Phi) is 5.97. The van der Waals surface area contributed by atoms with E-state index in [0.29, 0.717) is 5.76 Å². The molecular weight excluding hydrogens is 368 g/mol. The highest BCUT2D eigenvalue weighted by atomic mass is 16.3. The topological polar surface area (TPSA) is 88.6 Å². The average Bonchev–Trinajstić information content (AvgIpc) is 3.30. The van der Waals surface area contributed by atoms with Gasteiger partial charge in [0.15, 0.2) is 0 Å². The van der Waals surface area contributed by atoms with Gasteiger partial charge in [-0.1, -0.05) is 6.07 Å². The molecule has 0 saturated heterocycles. The molecule has 7 nitrogen and oxygen atoms in total. The molecule has 3 rings (SSSR count). The van der Waals surface area contributed by atoms with Crippen LogP contribution in [0.1, 0.15) is 33.8 Å². The van der Waals surface area contributed by atoms with Crippen LogP contribution in [-0.2, 0) is 16.1 Å². The largest absolute Gasteiger partial charge is 0.467 e. The van der Waals surface area contributed by atoms with Gasteiger partial charge in [-0.05, 0) is 69.2 Å². The van der Waals surface area contributed by atoms with Crippen molar-refractivity contribution in [2.75, 3.05) is 0 Å². The smallest absolute Gasteiger partial charge is 0.329 e. The Labute approximate surface area is 169 Å². The van der Waals surface area contributed by atoms with Crippen LogP contribution >= 0.6 is 0 Å². The van der Waals surface area contributed by atoms with Crippen molar-refractivity contribution in [1.82, 2.24) is 15.3 Å². The number of carbonyl (C=O) groups excluding carboxylic acids is 2. The van der Waals surface area contributed by atoms with Crippen molar-refractivity contribution in [1.29, 1.82) is 0 Å². The molecule has 0 radical (unpaired) electrons. The lowest BCUT2D eigenvalue weighted by Crippen LogP contribution is -2.37. The molecule has 0 atom stereocenters. The number of nitrogens with zero attached hydrogens (tertiary/aromatic N) is 2. The van der Waals surface area contributed by atoms with Crippen LogP contribution in [0.4, 0.5) is 0 Å². The molecule has 0 aliphatic carbocycles. The van der Waals surface area contributed by atoms with Gasteiger partial charge in [0, 0.05) is 22.6 Å². The number of aromatic nitrogens is 1. The molecule has 0 aliphatic rings. The summed E-state index contributed by atoms with van der Waals surface area (Å²) in [4.78, 5) is 23.7. The fraction of sp³-hybridized carbons (Fsp3) is 0.227. The maximum Gasteiger partial charge on any atom is 0.329 e. The number of rotatable bonds is 5. The summed E-state index contributed by atoms with van der Waals surface area (Å²) in [6.07, 6.45) is 3.04. The van der Waals surface area contributed by atoms with E-state index in [-0.39, 0.29) is 6.54 Å². The molecule has 3 aromatic rings. The first-order valence-corrected chi connectivity index (χ1v) is 9.27. The third-order valence-electron chi connectivity index (χ3n) is 4.80. The van der Waals surface area contributed by atoms with E-state index in [1.54, 1.807) is 12.1 Å². The van der Waals surface area contributed by atoms with Crippen molar-refractivity contribution in [3.05, 3.63) is 76.5 Å². The van der Waals surface area contributed by atoms with E-state index >= 15 is 0 Å². The van der Waals surface area contributed by atoms with Crippen molar-refractivity contribution < 1.29 is 14.0 Å². The van der Waals surface area contributed by atoms with Gasteiger partial charge < -0.3 is 14.3 Å². The summed E-state index contributed by atoms with van der Waals surface area (Å²) in [6.45, 7) is 8.31. The maximum absolute atomic E-state index is 11.9. The molecule has 2 aromatic heterocycles.